The lowest BCUT2D eigenvalue weighted by atomic mass is 10.1. The van der Waals surface area contributed by atoms with Crippen molar-refractivity contribution < 1.29 is 61.1 Å². The SMILES string of the molecule is CCC(=O)CCC(=O)Nc1ccc2c(c1)N1C(=O)c3cc(OC)c(O)cc3N=CC1C2.CCC(=O)CCC(=O)Nc1ccc2c(c1)N1C(=O)c3cc(OC)c(OCc4ccccc4)cc3N=CC1C2.CS(=O)(=O)O. The number of amides is 4. The number of ether oxygens (including phenoxy) is 3. The Morgan fingerprint density at radius 1 is 0.649 bits per heavy atom. The van der Waals surface area contributed by atoms with Gasteiger partial charge in [0, 0.05) is 87.3 Å². The number of aromatic hydroxyl groups is 1. The summed E-state index contributed by atoms with van der Waals surface area (Å²) in [5, 5.41) is 15.7. The number of nitrogens with zero attached hydrogens (tertiary/aromatic N) is 4. The zero-order chi connectivity index (χ0) is 53.3. The maximum Gasteiger partial charge on any atom is 0.261 e. The molecule has 0 saturated carbocycles. The minimum Gasteiger partial charge on any atom is -0.504 e. The number of Topliss-reactive ketones (excluding diaryl/α,β-unsaturated/α-hetero) is 2. The molecule has 4 aliphatic rings. The first-order chi connectivity index (χ1) is 35.4. The first kappa shape index (κ1) is 53.6. The van der Waals surface area contributed by atoms with Gasteiger partial charge in [-0.25, -0.2) is 0 Å². The second-order valence-electron chi connectivity index (χ2n) is 17.6. The van der Waals surface area contributed by atoms with Crippen LogP contribution in [0, 0.1) is 0 Å². The van der Waals surface area contributed by atoms with Crippen molar-refractivity contribution in [2.24, 2.45) is 9.98 Å². The molecule has 0 aliphatic carbocycles. The summed E-state index contributed by atoms with van der Waals surface area (Å²) in [5.74, 6) is 0.225. The van der Waals surface area contributed by atoms with Gasteiger partial charge < -0.3 is 30.0 Å². The van der Waals surface area contributed by atoms with Crippen LogP contribution in [-0.4, -0.2) is 98.3 Å². The van der Waals surface area contributed by atoms with E-state index in [1.165, 1.54) is 19.2 Å². The topological polar surface area (TPSA) is 260 Å². The Labute approximate surface area is 428 Å². The van der Waals surface area contributed by atoms with Crippen LogP contribution < -0.4 is 34.6 Å². The van der Waals surface area contributed by atoms with Gasteiger partial charge in [0.2, 0.25) is 11.8 Å². The number of phenolic OH excluding ortho intramolecular Hbond substituents is 1. The summed E-state index contributed by atoms with van der Waals surface area (Å²) in [6.45, 7) is 3.91. The van der Waals surface area contributed by atoms with Crippen LogP contribution in [0.25, 0.3) is 0 Å². The van der Waals surface area contributed by atoms with E-state index in [1.54, 1.807) is 73.5 Å². The Bertz CT molecular complexity index is 3170. The van der Waals surface area contributed by atoms with Gasteiger partial charge in [0.1, 0.15) is 18.2 Å². The van der Waals surface area contributed by atoms with E-state index in [4.69, 9.17) is 18.8 Å². The van der Waals surface area contributed by atoms with E-state index in [9.17, 15) is 42.3 Å². The summed E-state index contributed by atoms with van der Waals surface area (Å²) in [6.07, 6.45) is 6.92. The van der Waals surface area contributed by atoms with Crippen molar-refractivity contribution in [1.82, 2.24) is 0 Å². The van der Waals surface area contributed by atoms with Gasteiger partial charge in [-0.2, -0.15) is 8.42 Å². The number of carbonyl (C=O) groups excluding carboxylic acids is 6. The number of methoxy groups -OCH3 is 2. The van der Waals surface area contributed by atoms with Crippen LogP contribution in [0.3, 0.4) is 0 Å². The molecule has 4 N–H and O–H groups in total. The molecule has 9 rings (SSSR count). The molecule has 74 heavy (non-hydrogen) atoms. The van der Waals surface area contributed by atoms with E-state index in [0.717, 1.165) is 22.4 Å². The molecule has 0 radical (unpaired) electrons. The second kappa shape index (κ2) is 23.5. The Balaban J connectivity index is 0.000000202. The molecular formula is C54H56N6O13S. The van der Waals surface area contributed by atoms with E-state index in [1.807, 2.05) is 48.5 Å². The molecule has 0 bridgehead atoms. The molecule has 0 aromatic heterocycles. The van der Waals surface area contributed by atoms with Gasteiger partial charge in [0.05, 0.1) is 66.4 Å². The standard InChI is InChI=1S/C30H29N3O5.C23H23N3O5.CH4O3S/c1-3-23(34)11-12-29(35)32-21-10-9-20-13-22-17-31-25-16-28(38-18-19-7-5-4-6-8-19)27(37-2)15-24(25)30(36)33(22)26(20)14-21;1-3-16(27)6-7-22(29)25-14-5-4-13-8-15-12-24-18-11-20(28)21(31-2)10-17(18)23(30)26(15)19(13)9-14;1-5(2,3)4/h4-10,14-17,22H,3,11-13,18H2,1-2H3,(H,32,35);4-5,9-12,15,28H,3,6-8H2,1-2H3,(H,25,29);1H3,(H,2,3,4). The number of phenols is 1. The fourth-order valence-corrected chi connectivity index (χ4v) is 8.56. The normalized spacial score (nSPS) is 15.4. The van der Waals surface area contributed by atoms with Crippen molar-refractivity contribution in [3.05, 3.63) is 119 Å². The smallest absolute Gasteiger partial charge is 0.261 e. The van der Waals surface area contributed by atoms with Gasteiger partial charge in [-0.15, -0.1) is 0 Å². The first-order valence-corrected chi connectivity index (χ1v) is 25.6. The van der Waals surface area contributed by atoms with Crippen LogP contribution in [0.1, 0.15) is 89.8 Å². The van der Waals surface area contributed by atoms with Gasteiger partial charge in [0.25, 0.3) is 21.9 Å². The second-order valence-corrected chi connectivity index (χ2v) is 19.1. The fourth-order valence-electron chi connectivity index (χ4n) is 8.56. The molecule has 0 saturated heterocycles. The minimum atomic E-state index is -3.67. The lowest BCUT2D eigenvalue weighted by Gasteiger charge is -2.22. The van der Waals surface area contributed by atoms with Crippen molar-refractivity contribution in [3.63, 3.8) is 0 Å². The van der Waals surface area contributed by atoms with Crippen LogP contribution in [0.5, 0.6) is 23.0 Å². The molecule has 4 amide bonds. The zero-order valence-electron chi connectivity index (χ0n) is 41.4. The van der Waals surface area contributed by atoms with E-state index < -0.39 is 10.1 Å². The number of aliphatic imine (C=N–C) groups is 2. The molecule has 2 unspecified atom stereocenters. The van der Waals surface area contributed by atoms with Gasteiger partial charge in [-0.1, -0.05) is 56.3 Å². The van der Waals surface area contributed by atoms with Crippen LogP contribution in [0.4, 0.5) is 34.1 Å². The first-order valence-electron chi connectivity index (χ1n) is 23.7. The number of benzene rings is 5. The number of fused-ring (bicyclic) bond motifs is 8. The minimum absolute atomic E-state index is 0.0431. The quantitative estimate of drug-likeness (QED) is 0.0723. The van der Waals surface area contributed by atoms with Crippen molar-refractivity contribution in [1.29, 1.82) is 0 Å². The Hall–Kier alpha value is -8.23. The van der Waals surface area contributed by atoms with Gasteiger partial charge >= 0.3 is 0 Å². The number of hydrogen-bond donors (Lipinski definition) is 4. The largest absolute Gasteiger partial charge is 0.504 e. The van der Waals surface area contributed by atoms with Crippen LogP contribution in [-0.2, 0) is 48.7 Å². The van der Waals surface area contributed by atoms with Crippen LogP contribution in [0.15, 0.2) is 101 Å². The molecule has 0 spiro atoms. The van der Waals surface area contributed by atoms with E-state index in [2.05, 4.69) is 20.6 Å². The molecule has 386 valence electrons. The Morgan fingerprint density at radius 3 is 1.57 bits per heavy atom. The molecule has 5 aromatic carbocycles. The Morgan fingerprint density at radius 2 is 1.11 bits per heavy atom. The summed E-state index contributed by atoms with van der Waals surface area (Å²) in [5.41, 5.74) is 7.17. The third-order valence-electron chi connectivity index (χ3n) is 12.3. The van der Waals surface area contributed by atoms with E-state index >= 15 is 0 Å². The summed E-state index contributed by atoms with van der Waals surface area (Å²) in [6, 6.07) is 26.6. The monoisotopic (exact) mass is 1030 g/mol. The number of anilines is 4. The summed E-state index contributed by atoms with van der Waals surface area (Å²) >= 11 is 0. The highest BCUT2D eigenvalue weighted by Gasteiger charge is 2.38. The molecule has 0 fully saturated rings. The molecular weight excluding hydrogens is 973 g/mol. The molecule has 2 atom stereocenters. The van der Waals surface area contributed by atoms with Gasteiger partial charge in [-0.05, 0) is 53.1 Å². The number of ketones is 2. The van der Waals surface area contributed by atoms with Crippen molar-refractivity contribution in [2.45, 2.75) is 83.9 Å². The van der Waals surface area contributed by atoms with Gasteiger partial charge in [-0.3, -0.25) is 53.1 Å². The van der Waals surface area contributed by atoms with Crippen molar-refractivity contribution in [3.8, 4) is 23.0 Å². The highest BCUT2D eigenvalue weighted by molar-refractivity contribution is 7.85. The average molecular weight is 1030 g/mol. The summed E-state index contributed by atoms with van der Waals surface area (Å²) in [7, 11) is -0.707. The predicted octanol–water partition coefficient (Wildman–Crippen LogP) is 8.15. The molecule has 19 nitrogen and oxygen atoms in total. The van der Waals surface area contributed by atoms with Gasteiger partial charge in [0.15, 0.2) is 23.0 Å². The average Bonchev–Trinajstić information content (AvgIpc) is 3.86. The maximum atomic E-state index is 13.8. The third-order valence-corrected chi connectivity index (χ3v) is 12.3. The lowest BCUT2D eigenvalue weighted by molar-refractivity contribution is -0.122. The molecule has 4 heterocycles. The number of rotatable bonds is 15. The molecule has 4 aliphatic heterocycles. The lowest BCUT2D eigenvalue weighted by Crippen LogP contribution is -2.37. The highest BCUT2D eigenvalue weighted by Crippen LogP contribution is 2.43. The number of carbonyl (C=O) groups is 6. The fraction of sp³-hybridized carbons (Fsp3) is 0.296. The number of hydrogen-bond acceptors (Lipinski definition) is 14. The summed E-state index contributed by atoms with van der Waals surface area (Å²) in [4.78, 5) is 87.2. The molecule has 20 heteroatoms. The van der Waals surface area contributed by atoms with E-state index in [-0.39, 0.29) is 84.5 Å². The van der Waals surface area contributed by atoms with Crippen molar-refractivity contribution >= 4 is 91.9 Å². The third kappa shape index (κ3) is 13.0. The van der Waals surface area contributed by atoms with E-state index in [0.29, 0.717) is 89.6 Å². The highest BCUT2D eigenvalue weighted by atomic mass is 32.2. The number of nitrogens with one attached hydrogen (secondary N) is 2. The van der Waals surface area contributed by atoms with Crippen LogP contribution >= 0.6 is 0 Å². The molecule has 5 aromatic rings. The van der Waals surface area contributed by atoms with Crippen molar-refractivity contribution in [2.75, 3.05) is 40.9 Å². The van der Waals surface area contributed by atoms with Crippen LogP contribution in [0.2, 0.25) is 0 Å². The Kier molecular flexibility index (Phi) is 17.0. The predicted molar refractivity (Wildman–Crippen MR) is 280 cm³/mol. The summed E-state index contributed by atoms with van der Waals surface area (Å²) < 4.78 is 42.6. The zero-order valence-corrected chi connectivity index (χ0v) is 42.2. The maximum absolute atomic E-state index is 13.8.